The van der Waals surface area contributed by atoms with Gasteiger partial charge in [-0.3, -0.25) is 0 Å². The fraction of sp³-hybridized carbons (Fsp3) is 0.667. The van der Waals surface area contributed by atoms with E-state index < -0.39 is 0 Å². The maximum Gasteiger partial charge on any atom is 0.166 e. The highest BCUT2D eigenvalue weighted by atomic mass is 32.1. The largest absolute Gasteiger partial charge is 0.360 e. The van der Waals surface area contributed by atoms with Crippen LogP contribution in [0.2, 0.25) is 0 Å². The third kappa shape index (κ3) is 4.72. The molecule has 1 saturated carbocycles. The van der Waals surface area contributed by atoms with E-state index in [2.05, 4.69) is 42.2 Å². The summed E-state index contributed by atoms with van der Waals surface area (Å²) in [7, 11) is 4.40. The lowest BCUT2D eigenvalue weighted by Gasteiger charge is -2.26. The summed E-state index contributed by atoms with van der Waals surface area (Å²) < 4.78 is 0. The second-order valence-electron chi connectivity index (χ2n) is 5.83. The molecule has 0 unspecified atom stereocenters. The van der Waals surface area contributed by atoms with E-state index in [9.17, 15) is 0 Å². The summed E-state index contributed by atoms with van der Waals surface area (Å²) >= 11 is 7.26. The molecule has 1 heterocycles. The summed E-state index contributed by atoms with van der Waals surface area (Å²) in [6.07, 6.45) is 6.56. The van der Waals surface area contributed by atoms with E-state index in [4.69, 9.17) is 12.2 Å². The minimum absolute atomic E-state index is 0.459. The van der Waals surface area contributed by atoms with Crippen molar-refractivity contribution < 1.29 is 4.90 Å². The van der Waals surface area contributed by atoms with E-state index >= 15 is 0 Å². The fourth-order valence-corrected chi connectivity index (χ4v) is 3.96. The molecule has 3 N–H and O–H groups in total. The van der Waals surface area contributed by atoms with Crippen molar-refractivity contribution in [3.05, 3.63) is 22.4 Å². The molecule has 0 aliphatic heterocycles. The van der Waals surface area contributed by atoms with E-state index in [0.29, 0.717) is 12.1 Å². The lowest BCUT2D eigenvalue weighted by Crippen LogP contribution is -3.06. The van der Waals surface area contributed by atoms with Crippen LogP contribution < -0.4 is 15.5 Å². The van der Waals surface area contributed by atoms with E-state index in [1.54, 1.807) is 0 Å². The minimum Gasteiger partial charge on any atom is -0.360 e. The summed E-state index contributed by atoms with van der Waals surface area (Å²) in [6, 6.07) is 5.37. The maximum atomic E-state index is 5.44. The number of likely N-dealkylation sites (N-methyl/N-ethyl adjacent to an activating group) is 1. The molecule has 0 bridgehead atoms. The molecule has 0 radical (unpaired) electrons. The highest BCUT2D eigenvalue weighted by Crippen LogP contribution is 2.17. The van der Waals surface area contributed by atoms with Gasteiger partial charge in [-0.2, -0.15) is 0 Å². The molecule has 0 spiro atoms. The smallest absolute Gasteiger partial charge is 0.166 e. The number of hydrogen-bond donors (Lipinski definition) is 3. The second kappa shape index (κ2) is 7.96. The third-order valence-electron chi connectivity index (χ3n) is 3.99. The van der Waals surface area contributed by atoms with Crippen molar-refractivity contribution in [2.45, 2.75) is 44.2 Å². The Morgan fingerprint density at radius 2 is 2.15 bits per heavy atom. The van der Waals surface area contributed by atoms with E-state index in [1.807, 2.05) is 11.3 Å². The van der Waals surface area contributed by atoms with E-state index in [0.717, 1.165) is 11.7 Å². The first kappa shape index (κ1) is 15.7. The van der Waals surface area contributed by atoms with Gasteiger partial charge in [-0.15, -0.1) is 11.3 Å². The van der Waals surface area contributed by atoms with Gasteiger partial charge in [0.05, 0.1) is 25.5 Å². The zero-order valence-electron chi connectivity index (χ0n) is 12.4. The Kier molecular flexibility index (Phi) is 6.26. The Hall–Kier alpha value is -0.650. The van der Waals surface area contributed by atoms with Gasteiger partial charge in [-0.25, -0.2) is 0 Å². The van der Waals surface area contributed by atoms with Crippen molar-refractivity contribution in [3.63, 3.8) is 0 Å². The van der Waals surface area contributed by atoms with Gasteiger partial charge < -0.3 is 15.5 Å². The topological polar surface area (TPSA) is 28.5 Å². The van der Waals surface area contributed by atoms with Crippen molar-refractivity contribution in [1.29, 1.82) is 0 Å². The van der Waals surface area contributed by atoms with Gasteiger partial charge in [0, 0.05) is 6.04 Å². The highest BCUT2D eigenvalue weighted by Gasteiger charge is 2.20. The summed E-state index contributed by atoms with van der Waals surface area (Å²) in [5.41, 5.74) is 0. The molecule has 1 aliphatic rings. The lowest BCUT2D eigenvalue weighted by molar-refractivity contribution is -0.890. The Morgan fingerprint density at radius 3 is 2.75 bits per heavy atom. The van der Waals surface area contributed by atoms with Crippen LogP contribution in [-0.4, -0.2) is 31.8 Å². The Morgan fingerprint density at radius 1 is 1.40 bits per heavy atom. The first-order chi connectivity index (χ1) is 9.66. The van der Waals surface area contributed by atoms with Crippen LogP contribution in [0.4, 0.5) is 0 Å². The maximum absolute atomic E-state index is 5.44. The molecule has 20 heavy (non-hydrogen) atoms. The first-order valence-corrected chi connectivity index (χ1v) is 8.83. The molecule has 1 aromatic rings. The monoisotopic (exact) mass is 312 g/mol. The predicted octanol–water partition coefficient (Wildman–Crippen LogP) is 1.73. The van der Waals surface area contributed by atoms with Crippen molar-refractivity contribution in [1.82, 2.24) is 10.6 Å². The van der Waals surface area contributed by atoms with Crippen molar-refractivity contribution in [2.24, 2.45) is 0 Å². The van der Waals surface area contributed by atoms with Gasteiger partial charge in [0.1, 0.15) is 6.04 Å². The standard InChI is InChI=1S/C15H25N3S2/c1-18(2)13(14-9-6-10-20-14)11-16-15(19)17-12-7-4-3-5-8-12/h6,9-10,12-13H,3-5,7-8,11H2,1-2H3,(H2,16,17,19)/p+1/t13-/m1/s1. The number of quaternary nitrogens is 1. The fourth-order valence-electron chi connectivity index (χ4n) is 2.76. The number of thiophene rings is 1. The average Bonchev–Trinajstić information content (AvgIpc) is 2.93. The third-order valence-corrected chi connectivity index (χ3v) is 5.24. The summed E-state index contributed by atoms with van der Waals surface area (Å²) in [5.74, 6) is 0. The molecular formula is C15H26N3S2+. The average molecular weight is 313 g/mol. The summed E-state index contributed by atoms with van der Waals surface area (Å²) in [6.45, 7) is 0.890. The van der Waals surface area contributed by atoms with Crippen molar-refractivity contribution >= 4 is 28.7 Å². The first-order valence-electron chi connectivity index (χ1n) is 7.54. The molecule has 1 atom stereocenters. The van der Waals surface area contributed by atoms with Crippen LogP contribution in [0.25, 0.3) is 0 Å². The van der Waals surface area contributed by atoms with Crippen LogP contribution in [0, 0.1) is 0 Å². The second-order valence-corrected chi connectivity index (χ2v) is 7.22. The molecule has 0 aromatic carbocycles. The molecule has 3 nitrogen and oxygen atoms in total. The summed E-state index contributed by atoms with van der Waals surface area (Å²) in [4.78, 5) is 2.85. The van der Waals surface area contributed by atoms with Crippen LogP contribution >= 0.6 is 23.6 Å². The highest BCUT2D eigenvalue weighted by molar-refractivity contribution is 7.80. The van der Waals surface area contributed by atoms with Crippen LogP contribution in [0.3, 0.4) is 0 Å². The van der Waals surface area contributed by atoms with E-state index in [-0.39, 0.29) is 0 Å². The quantitative estimate of drug-likeness (QED) is 0.723. The van der Waals surface area contributed by atoms with Gasteiger partial charge in [0.25, 0.3) is 0 Å². The predicted molar refractivity (Wildman–Crippen MR) is 90.5 cm³/mol. The minimum atomic E-state index is 0.459. The van der Waals surface area contributed by atoms with Gasteiger partial charge >= 0.3 is 0 Å². The van der Waals surface area contributed by atoms with E-state index in [1.165, 1.54) is 41.9 Å². The van der Waals surface area contributed by atoms with Gasteiger partial charge in [0.2, 0.25) is 0 Å². The molecule has 0 amide bonds. The van der Waals surface area contributed by atoms with Crippen LogP contribution in [0.15, 0.2) is 17.5 Å². The Balaban J connectivity index is 1.78. The van der Waals surface area contributed by atoms with Crippen molar-refractivity contribution in [2.75, 3.05) is 20.6 Å². The van der Waals surface area contributed by atoms with Crippen molar-refractivity contribution in [3.8, 4) is 0 Å². The number of hydrogen-bond acceptors (Lipinski definition) is 2. The van der Waals surface area contributed by atoms with Gasteiger partial charge in [0.15, 0.2) is 5.11 Å². The molecule has 2 rings (SSSR count). The van der Waals surface area contributed by atoms with Gasteiger partial charge in [-0.1, -0.05) is 25.3 Å². The molecule has 0 saturated heterocycles. The normalized spacial score (nSPS) is 17.9. The number of rotatable bonds is 5. The lowest BCUT2D eigenvalue weighted by atomic mass is 9.96. The molecule has 1 aromatic heterocycles. The SMILES string of the molecule is C[NH+](C)[C@H](CNC(=S)NC1CCCCC1)c1cccs1. The van der Waals surface area contributed by atoms with Gasteiger partial charge in [-0.05, 0) is 36.5 Å². The van der Waals surface area contributed by atoms with Crippen LogP contribution in [0.1, 0.15) is 43.0 Å². The Bertz CT molecular complexity index is 397. The number of thiocarbonyl (C=S) groups is 1. The zero-order chi connectivity index (χ0) is 14.4. The van der Waals surface area contributed by atoms with Crippen LogP contribution in [0.5, 0.6) is 0 Å². The Labute approximate surface area is 131 Å². The molecule has 112 valence electrons. The summed E-state index contributed by atoms with van der Waals surface area (Å²) in [5, 5.41) is 9.84. The molecule has 1 aliphatic carbocycles. The molecule has 1 fully saturated rings. The van der Waals surface area contributed by atoms with Crippen LogP contribution in [-0.2, 0) is 0 Å². The zero-order valence-corrected chi connectivity index (χ0v) is 14.1. The number of nitrogens with one attached hydrogen (secondary N) is 3. The molecule has 5 heteroatoms. The molecular weight excluding hydrogens is 286 g/mol.